The molecule has 1 aliphatic heterocycles. The second kappa shape index (κ2) is 5.12. The number of rotatable bonds is 4. The molecule has 0 bridgehead atoms. The number of nitrogens with zero attached hydrogens (tertiary/aromatic N) is 2. The van der Waals surface area contributed by atoms with Crippen LogP contribution < -0.4 is 10.3 Å². The molecule has 88 valence electrons. The van der Waals surface area contributed by atoms with Crippen molar-refractivity contribution >= 4 is 0 Å². The number of hydrogen-bond donors (Lipinski definition) is 1. The fraction of sp³-hybridized carbons (Fsp3) is 0.636. The smallest absolute Gasteiger partial charge is 0.296 e. The fourth-order valence-electron chi connectivity index (χ4n) is 1.99. The molecular weight excluding hydrogens is 206 g/mol. The van der Waals surface area contributed by atoms with Crippen LogP contribution in [-0.4, -0.2) is 41.6 Å². The number of aromatic amines is 1. The highest BCUT2D eigenvalue weighted by atomic mass is 16.5. The van der Waals surface area contributed by atoms with Crippen LogP contribution >= 0.6 is 0 Å². The van der Waals surface area contributed by atoms with Gasteiger partial charge < -0.3 is 9.64 Å². The monoisotopic (exact) mass is 223 g/mol. The molecule has 16 heavy (non-hydrogen) atoms. The molecule has 0 amide bonds. The number of likely N-dealkylation sites (tertiary alicyclic amines) is 1. The van der Waals surface area contributed by atoms with Crippen LogP contribution in [0.1, 0.15) is 18.5 Å². The molecule has 1 saturated heterocycles. The first-order valence-corrected chi connectivity index (χ1v) is 5.64. The van der Waals surface area contributed by atoms with Crippen molar-refractivity contribution in [2.24, 2.45) is 0 Å². The quantitative estimate of drug-likeness (QED) is 0.803. The largest absolute Gasteiger partial charge is 0.468 e. The van der Waals surface area contributed by atoms with Crippen LogP contribution in [0.2, 0.25) is 0 Å². The lowest BCUT2D eigenvalue weighted by Crippen LogP contribution is -2.23. The van der Waals surface area contributed by atoms with Crippen molar-refractivity contribution in [1.82, 2.24) is 14.9 Å². The van der Waals surface area contributed by atoms with Crippen molar-refractivity contribution in [3.8, 4) is 6.01 Å². The van der Waals surface area contributed by atoms with E-state index in [1.807, 2.05) is 0 Å². The van der Waals surface area contributed by atoms with Gasteiger partial charge in [-0.1, -0.05) is 0 Å². The van der Waals surface area contributed by atoms with Gasteiger partial charge in [0, 0.05) is 19.0 Å². The van der Waals surface area contributed by atoms with Crippen LogP contribution in [0.25, 0.3) is 0 Å². The van der Waals surface area contributed by atoms with Gasteiger partial charge in [-0.15, -0.1) is 0 Å². The number of aromatic nitrogens is 2. The van der Waals surface area contributed by atoms with Crippen LogP contribution in [0.5, 0.6) is 6.01 Å². The zero-order valence-electron chi connectivity index (χ0n) is 9.53. The molecule has 5 nitrogen and oxygen atoms in total. The molecule has 0 radical (unpaired) electrons. The third-order valence-corrected chi connectivity index (χ3v) is 2.85. The third kappa shape index (κ3) is 2.82. The molecule has 0 saturated carbocycles. The maximum atomic E-state index is 11.3. The van der Waals surface area contributed by atoms with Crippen molar-refractivity contribution in [3.05, 3.63) is 22.1 Å². The summed E-state index contributed by atoms with van der Waals surface area (Å²) >= 11 is 0. The average molecular weight is 223 g/mol. The lowest BCUT2D eigenvalue weighted by Gasteiger charge is -2.13. The van der Waals surface area contributed by atoms with Gasteiger partial charge in [-0.05, 0) is 25.9 Å². The Kier molecular flexibility index (Phi) is 3.56. The topological polar surface area (TPSA) is 58.2 Å². The molecular formula is C11H17N3O2. The van der Waals surface area contributed by atoms with E-state index in [1.54, 1.807) is 6.07 Å². The van der Waals surface area contributed by atoms with Gasteiger partial charge in [-0.25, -0.2) is 4.98 Å². The third-order valence-electron chi connectivity index (χ3n) is 2.85. The first-order chi connectivity index (χ1) is 7.78. The van der Waals surface area contributed by atoms with Crippen molar-refractivity contribution in [2.75, 3.05) is 26.7 Å². The summed E-state index contributed by atoms with van der Waals surface area (Å²) in [6, 6.07) is 1.84. The first-order valence-electron chi connectivity index (χ1n) is 5.64. The number of H-pyrrole nitrogens is 1. The van der Waals surface area contributed by atoms with E-state index in [0.717, 1.165) is 18.7 Å². The van der Waals surface area contributed by atoms with Crippen LogP contribution in [0, 0.1) is 0 Å². The van der Waals surface area contributed by atoms with Gasteiger partial charge in [0.05, 0.1) is 12.8 Å². The van der Waals surface area contributed by atoms with Crippen LogP contribution in [-0.2, 0) is 6.42 Å². The molecule has 0 atom stereocenters. The van der Waals surface area contributed by atoms with E-state index in [0.29, 0.717) is 6.01 Å². The van der Waals surface area contributed by atoms with Gasteiger partial charge in [0.2, 0.25) is 0 Å². The maximum Gasteiger partial charge on any atom is 0.296 e. The summed E-state index contributed by atoms with van der Waals surface area (Å²) in [7, 11) is 1.50. The van der Waals surface area contributed by atoms with E-state index in [2.05, 4.69) is 14.9 Å². The summed E-state index contributed by atoms with van der Waals surface area (Å²) in [5.74, 6) is 0. The molecule has 0 spiro atoms. The highest BCUT2D eigenvalue weighted by Crippen LogP contribution is 2.08. The summed E-state index contributed by atoms with van der Waals surface area (Å²) in [6.45, 7) is 3.31. The molecule has 1 N–H and O–H groups in total. The van der Waals surface area contributed by atoms with E-state index in [-0.39, 0.29) is 5.56 Å². The Bertz CT molecular complexity index is 396. The standard InChI is InChI=1S/C11H17N3O2/c1-16-11-12-9(8-10(15)13-11)4-7-14-5-2-3-6-14/h8H,2-7H2,1H3,(H,12,13,15). The van der Waals surface area contributed by atoms with E-state index in [9.17, 15) is 4.79 Å². The molecule has 1 fully saturated rings. The second-order valence-corrected chi connectivity index (χ2v) is 4.04. The molecule has 0 unspecified atom stereocenters. The minimum atomic E-state index is -0.150. The van der Waals surface area contributed by atoms with Gasteiger partial charge in [-0.2, -0.15) is 0 Å². The number of ether oxygens (including phenoxy) is 1. The molecule has 1 aromatic heterocycles. The van der Waals surface area contributed by atoms with Crippen LogP contribution in [0.3, 0.4) is 0 Å². The summed E-state index contributed by atoms with van der Waals surface area (Å²) < 4.78 is 4.93. The zero-order chi connectivity index (χ0) is 11.4. The molecule has 2 rings (SSSR count). The Morgan fingerprint density at radius 2 is 2.25 bits per heavy atom. The predicted molar refractivity (Wildman–Crippen MR) is 60.8 cm³/mol. The highest BCUT2D eigenvalue weighted by molar-refractivity contribution is 5.06. The lowest BCUT2D eigenvalue weighted by atomic mass is 10.3. The van der Waals surface area contributed by atoms with E-state index in [1.165, 1.54) is 33.0 Å². The Labute approximate surface area is 94.5 Å². The SMILES string of the molecule is COc1nc(CCN2CCCC2)cc(=O)[nH]1. The average Bonchev–Trinajstić information content (AvgIpc) is 2.78. The van der Waals surface area contributed by atoms with Gasteiger partial charge in [-0.3, -0.25) is 9.78 Å². The van der Waals surface area contributed by atoms with Gasteiger partial charge in [0.15, 0.2) is 0 Å². The maximum absolute atomic E-state index is 11.3. The zero-order valence-corrected chi connectivity index (χ0v) is 9.53. The summed E-state index contributed by atoms with van der Waals surface area (Å²) in [5, 5.41) is 0. The van der Waals surface area contributed by atoms with Crippen LogP contribution in [0.15, 0.2) is 10.9 Å². The fourth-order valence-corrected chi connectivity index (χ4v) is 1.99. The van der Waals surface area contributed by atoms with Crippen molar-refractivity contribution in [2.45, 2.75) is 19.3 Å². The number of methoxy groups -OCH3 is 1. The Hall–Kier alpha value is -1.36. The highest BCUT2D eigenvalue weighted by Gasteiger charge is 2.11. The second-order valence-electron chi connectivity index (χ2n) is 4.04. The first kappa shape index (κ1) is 11.1. The van der Waals surface area contributed by atoms with Gasteiger partial charge in [0.1, 0.15) is 0 Å². The van der Waals surface area contributed by atoms with E-state index >= 15 is 0 Å². The molecule has 0 aliphatic carbocycles. The van der Waals surface area contributed by atoms with Crippen LogP contribution in [0.4, 0.5) is 0 Å². The van der Waals surface area contributed by atoms with E-state index in [4.69, 9.17) is 4.74 Å². The van der Waals surface area contributed by atoms with Gasteiger partial charge in [0.25, 0.3) is 11.6 Å². The minimum Gasteiger partial charge on any atom is -0.468 e. The molecule has 0 aromatic carbocycles. The van der Waals surface area contributed by atoms with Crippen molar-refractivity contribution in [1.29, 1.82) is 0 Å². The summed E-state index contributed by atoms with van der Waals surface area (Å²) in [4.78, 5) is 20.4. The molecule has 2 heterocycles. The minimum absolute atomic E-state index is 0.150. The summed E-state index contributed by atoms with van der Waals surface area (Å²) in [6.07, 6.45) is 3.37. The normalized spacial score (nSPS) is 16.6. The Morgan fingerprint density at radius 3 is 2.94 bits per heavy atom. The predicted octanol–water partition coefficient (Wildman–Crippen LogP) is 0.417. The molecule has 5 heteroatoms. The van der Waals surface area contributed by atoms with E-state index < -0.39 is 0 Å². The molecule has 1 aromatic rings. The number of nitrogens with one attached hydrogen (secondary N) is 1. The molecule has 1 aliphatic rings. The Balaban J connectivity index is 1.97. The van der Waals surface area contributed by atoms with Gasteiger partial charge >= 0.3 is 0 Å². The van der Waals surface area contributed by atoms with Crippen molar-refractivity contribution in [3.63, 3.8) is 0 Å². The van der Waals surface area contributed by atoms with Crippen molar-refractivity contribution < 1.29 is 4.74 Å². The summed E-state index contributed by atoms with van der Waals surface area (Å²) in [5.41, 5.74) is 0.649. The number of hydrogen-bond acceptors (Lipinski definition) is 4. The Morgan fingerprint density at radius 1 is 1.50 bits per heavy atom. The lowest BCUT2D eigenvalue weighted by molar-refractivity contribution is 0.339.